The van der Waals surface area contributed by atoms with Crippen LogP contribution in [0.3, 0.4) is 0 Å². The predicted molar refractivity (Wildman–Crippen MR) is 97.7 cm³/mol. The van der Waals surface area contributed by atoms with Gasteiger partial charge in [-0.3, -0.25) is 9.78 Å². The van der Waals surface area contributed by atoms with E-state index in [4.69, 9.17) is 9.40 Å². The van der Waals surface area contributed by atoms with Gasteiger partial charge in [0.25, 0.3) is 5.91 Å². The number of likely N-dealkylation sites (tertiary alicyclic amines) is 1. The van der Waals surface area contributed by atoms with Crippen LogP contribution in [0.1, 0.15) is 52.2 Å². The van der Waals surface area contributed by atoms with E-state index in [0.717, 1.165) is 29.8 Å². The van der Waals surface area contributed by atoms with Crippen molar-refractivity contribution in [1.29, 1.82) is 0 Å². The largest absolute Gasteiger partial charge is 0.448 e. The van der Waals surface area contributed by atoms with Crippen LogP contribution >= 0.6 is 0 Å². The summed E-state index contributed by atoms with van der Waals surface area (Å²) in [5.41, 5.74) is 2.91. The number of oxazole rings is 1. The molecule has 3 heterocycles. The van der Waals surface area contributed by atoms with Gasteiger partial charge in [-0.2, -0.15) is 0 Å². The summed E-state index contributed by atoms with van der Waals surface area (Å²) in [6.45, 7) is 2.39. The topological polar surface area (TPSA) is 59.2 Å². The van der Waals surface area contributed by atoms with Crippen LogP contribution in [0.5, 0.6) is 0 Å². The first-order valence-corrected chi connectivity index (χ1v) is 9.03. The van der Waals surface area contributed by atoms with E-state index in [-0.39, 0.29) is 17.8 Å². The Morgan fingerprint density at radius 2 is 2.11 bits per heavy atom. The Morgan fingerprint density at radius 3 is 2.89 bits per heavy atom. The number of hydrogen-bond acceptors (Lipinski definition) is 4. The Kier molecular flexibility index (Phi) is 4.71. The second-order valence-electron chi connectivity index (χ2n) is 6.77. The maximum Gasteiger partial charge on any atom is 0.276 e. The molecule has 5 nitrogen and oxygen atoms in total. The Morgan fingerprint density at radius 1 is 1.26 bits per heavy atom. The fourth-order valence-electron chi connectivity index (χ4n) is 3.56. The second-order valence-corrected chi connectivity index (χ2v) is 6.77. The molecule has 27 heavy (non-hydrogen) atoms. The van der Waals surface area contributed by atoms with Crippen LogP contribution in [0.2, 0.25) is 0 Å². The van der Waals surface area contributed by atoms with Crippen molar-refractivity contribution in [2.45, 2.75) is 32.2 Å². The van der Waals surface area contributed by atoms with E-state index in [9.17, 15) is 9.18 Å². The molecule has 1 aliphatic heterocycles. The third kappa shape index (κ3) is 3.74. The summed E-state index contributed by atoms with van der Waals surface area (Å²) in [6.07, 6.45) is 3.73. The zero-order chi connectivity index (χ0) is 18.8. The summed E-state index contributed by atoms with van der Waals surface area (Å²) in [5, 5.41) is 0. The normalized spacial score (nSPS) is 16.7. The van der Waals surface area contributed by atoms with Gasteiger partial charge in [-0.1, -0.05) is 18.2 Å². The summed E-state index contributed by atoms with van der Waals surface area (Å²) >= 11 is 0. The van der Waals surface area contributed by atoms with E-state index >= 15 is 0 Å². The van der Waals surface area contributed by atoms with E-state index in [1.54, 1.807) is 13.0 Å². The lowest BCUT2D eigenvalue weighted by Gasteiger charge is -2.23. The number of carbonyl (C=O) groups excluding carboxylic acids is 1. The van der Waals surface area contributed by atoms with E-state index < -0.39 is 0 Å². The molecule has 1 fully saturated rings. The molecule has 1 atom stereocenters. The highest BCUT2D eigenvalue weighted by Gasteiger charge is 2.32. The molecule has 0 unspecified atom stereocenters. The Balaban J connectivity index is 1.56. The van der Waals surface area contributed by atoms with Crippen molar-refractivity contribution in [3.05, 3.63) is 83.1 Å². The quantitative estimate of drug-likeness (QED) is 0.699. The highest BCUT2D eigenvalue weighted by molar-refractivity contribution is 5.92. The number of pyridine rings is 1. The third-order valence-corrected chi connectivity index (χ3v) is 4.80. The molecule has 0 bridgehead atoms. The van der Waals surface area contributed by atoms with Gasteiger partial charge in [0.2, 0.25) is 0 Å². The molecule has 1 saturated heterocycles. The molecule has 0 saturated carbocycles. The zero-order valence-corrected chi connectivity index (χ0v) is 15.1. The summed E-state index contributed by atoms with van der Waals surface area (Å²) in [4.78, 5) is 23.5. The summed E-state index contributed by atoms with van der Waals surface area (Å²) in [5.74, 6) is 0.0927. The van der Waals surface area contributed by atoms with Crippen molar-refractivity contribution < 1.29 is 13.6 Å². The molecule has 3 aromatic rings. The molecule has 6 heteroatoms. The van der Waals surface area contributed by atoms with Gasteiger partial charge in [-0.25, -0.2) is 9.37 Å². The standard InChI is InChI=1S/C21H20FN3O2/c1-14-23-19(13-27-14)21(26)25-10-4-9-20(25)18-8-3-7-17(24-18)12-15-5-2-6-16(22)11-15/h2-3,5-8,11,13,20H,4,9-10,12H2,1H3/t20-/m1/s1. The van der Waals surface area contributed by atoms with Gasteiger partial charge in [0.1, 0.15) is 12.1 Å². The lowest BCUT2D eigenvalue weighted by atomic mass is 10.1. The zero-order valence-electron chi connectivity index (χ0n) is 15.1. The molecule has 1 amide bonds. The molecule has 138 valence electrons. The number of amides is 1. The number of halogens is 1. The van der Waals surface area contributed by atoms with Crippen molar-refractivity contribution >= 4 is 5.91 Å². The van der Waals surface area contributed by atoms with E-state index in [1.807, 2.05) is 29.2 Å². The first kappa shape index (κ1) is 17.4. The van der Waals surface area contributed by atoms with Gasteiger partial charge < -0.3 is 9.32 Å². The number of benzene rings is 1. The Bertz CT molecular complexity index is 969. The molecule has 1 aliphatic rings. The first-order chi connectivity index (χ1) is 13.1. The minimum Gasteiger partial charge on any atom is -0.448 e. The highest BCUT2D eigenvalue weighted by atomic mass is 19.1. The van der Waals surface area contributed by atoms with E-state index in [1.165, 1.54) is 18.4 Å². The van der Waals surface area contributed by atoms with Gasteiger partial charge in [0, 0.05) is 25.6 Å². The lowest BCUT2D eigenvalue weighted by molar-refractivity contribution is 0.0726. The minimum absolute atomic E-state index is 0.0815. The maximum atomic E-state index is 13.4. The van der Waals surface area contributed by atoms with Crippen LogP contribution in [-0.4, -0.2) is 27.3 Å². The average Bonchev–Trinajstić information content (AvgIpc) is 3.30. The van der Waals surface area contributed by atoms with E-state index in [0.29, 0.717) is 24.6 Å². The fourth-order valence-corrected chi connectivity index (χ4v) is 3.56. The molecule has 0 aliphatic carbocycles. The van der Waals surface area contributed by atoms with Gasteiger partial charge in [-0.05, 0) is 42.7 Å². The minimum atomic E-state index is -0.251. The van der Waals surface area contributed by atoms with Crippen molar-refractivity contribution in [3.63, 3.8) is 0 Å². The Labute approximate surface area is 156 Å². The lowest BCUT2D eigenvalue weighted by Crippen LogP contribution is -2.31. The SMILES string of the molecule is Cc1nc(C(=O)N2CCC[C@@H]2c2cccc(Cc3cccc(F)c3)n2)co1. The molecule has 0 radical (unpaired) electrons. The highest BCUT2D eigenvalue weighted by Crippen LogP contribution is 2.32. The molecule has 1 aromatic carbocycles. The van der Waals surface area contributed by atoms with Crippen molar-refractivity contribution in [2.24, 2.45) is 0 Å². The number of carbonyl (C=O) groups is 1. The number of hydrogen-bond donors (Lipinski definition) is 0. The Hall–Kier alpha value is -3.02. The first-order valence-electron chi connectivity index (χ1n) is 9.03. The summed E-state index contributed by atoms with van der Waals surface area (Å²) in [6, 6.07) is 12.3. The molecule has 0 spiro atoms. The van der Waals surface area contributed by atoms with Crippen molar-refractivity contribution in [1.82, 2.24) is 14.9 Å². The fraction of sp³-hybridized carbons (Fsp3) is 0.286. The monoisotopic (exact) mass is 365 g/mol. The third-order valence-electron chi connectivity index (χ3n) is 4.80. The summed E-state index contributed by atoms with van der Waals surface area (Å²) in [7, 11) is 0. The van der Waals surface area contributed by atoms with Crippen LogP contribution < -0.4 is 0 Å². The van der Waals surface area contributed by atoms with Gasteiger partial charge >= 0.3 is 0 Å². The molecular weight excluding hydrogens is 345 g/mol. The molecule has 0 N–H and O–H groups in total. The number of aromatic nitrogens is 2. The van der Waals surface area contributed by atoms with Crippen molar-refractivity contribution in [3.8, 4) is 0 Å². The molecular formula is C21H20FN3O2. The number of nitrogens with zero attached hydrogens (tertiary/aromatic N) is 3. The summed E-state index contributed by atoms with van der Waals surface area (Å²) < 4.78 is 18.6. The number of rotatable bonds is 4. The molecule has 2 aromatic heterocycles. The maximum absolute atomic E-state index is 13.4. The second kappa shape index (κ2) is 7.31. The van der Waals surface area contributed by atoms with Gasteiger partial charge in [-0.15, -0.1) is 0 Å². The predicted octanol–water partition coefficient (Wildman–Crippen LogP) is 4.09. The van der Waals surface area contributed by atoms with Gasteiger partial charge in [0.05, 0.1) is 11.7 Å². The van der Waals surface area contributed by atoms with Crippen LogP contribution in [-0.2, 0) is 6.42 Å². The van der Waals surface area contributed by atoms with E-state index in [2.05, 4.69) is 4.98 Å². The van der Waals surface area contributed by atoms with Crippen LogP contribution in [0, 0.1) is 12.7 Å². The molecule has 4 rings (SSSR count). The van der Waals surface area contributed by atoms with Crippen LogP contribution in [0.25, 0.3) is 0 Å². The van der Waals surface area contributed by atoms with Crippen LogP contribution in [0.4, 0.5) is 4.39 Å². The van der Waals surface area contributed by atoms with Crippen molar-refractivity contribution in [2.75, 3.05) is 6.54 Å². The van der Waals surface area contributed by atoms with Crippen LogP contribution in [0.15, 0.2) is 53.1 Å². The number of aryl methyl sites for hydroxylation is 1. The van der Waals surface area contributed by atoms with Gasteiger partial charge in [0.15, 0.2) is 11.6 Å². The smallest absolute Gasteiger partial charge is 0.276 e. The average molecular weight is 365 g/mol.